The van der Waals surface area contributed by atoms with Crippen LogP contribution in [0.2, 0.25) is 0 Å². The third kappa shape index (κ3) is 4.18. The number of alkyl halides is 3. The predicted octanol–water partition coefficient (Wildman–Crippen LogP) is 1.67. The van der Waals surface area contributed by atoms with E-state index in [4.69, 9.17) is 5.11 Å². The van der Waals surface area contributed by atoms with Crippen molar-refractivity contribution in [3.63, 3.8) is 0 Å². The van der Waals surface area contributed by atoms with E-state index in [1.54, 1.807) is 6.92 Å². The maximum Gasteiger partial charge on any atom is 0.389 e. The lowest BCUT2D eigenvalue weighted by molar-refractivity contribution is -0.149. The molecule has 1 atom stereocenters. The van der Waals surface area contributed by atoms with Crippen molar-refractivity contribution >= 4 is 5.97 Å². The van der Waals surface area contributed by atoms with Crippen molar-refractivity contribution in [2.24, 2.45) is 5.41 Å². The molecule has 1 rings (SSSR count). The summed E-state index contributed by atoms with van der Waals surface area (Å²) in [6, 6.07) is 0. The molecule has 0 saturated heterocycles. The van der Waals surface area contributed by atoms with Gasteiger partial charge in [0, 0.05) is 6.42 Å². The second-order valence-electron chi connectivity index (χ2n) is 4.59. The Bertz CT molecular complexity index is 446. The van der Waals surface area contributed by atoms with E-state index >= 15 is 0 Å². The Hall–Kier alpha value is -1.67. The van der Waals surface area contributed by atoms with E-state index in [-0.39, 0.29) is 18.8 Å². The van der Waals surface area contributed by atoms with E-state index in [0.717, 1.165) is 4.68 Å². The average Bonchev–Trinajstić information content (AvgIpc) is 2.72. The van der Waals surface area contributed by atoms with Crippen LogP contribution < -0.4 is 0 Å². The Morgan fingerprint density at radius 3 is 2.53 bits per heavy atom. The van der Waals surface area contributed by atoms with Crippen LogP contribution in [0.1, 0.15) is 32.5 Å². The van der Waals surface area contributed by atoms with Crippen molar-refractivity contribution in [2.75, 3.05) is 0 Å². The summed E-state index contributed by atoms with van der Waals surface area (Å²) in [7, 11) is 0. The molecule has 0 saturated carbocycles. The summed E-state index contributed by atoms with van der Waals surface area (Å²) >= 11 is 0. The van der Waals surface area contributed by atoms with Crippen LogP contribution in [0.5, 0.6) is 0 Å². The smallest absolute Gasteiger partial charge is 0.389 e. The van der Waals surface area contributed by atoms with E-state index in [9.17, 15) is 18.0 Å². The van der Waals surface area contributed by atoms with E-state index in [1.807, 2.05) is 0 Å². The number of rotatable bonds is 6. The fourth-order valence-electron chi connectivity index (χ4n) is 1.44. The standard InChI is InChI=1S/C10H15F3N4O2/c1-3-9(2,8(18)19)6-17-7(14-15-16-17)4-5-10(11,12)13/h3-6H2,1-2H3,(H,18,19). The van der Waals surface area contributed by atoms with Crippen molar-refractivity contribution in [3.05, 3.63) is 5.82 Å². The number of carbonyl (C=O) groups is 1. The zero-order chi connectivity index (χ0) is 14.7. The molecule has 0 aliphatic carbocycles. The van der Waals surface area contributed by atoms with Crippen LogP contribution in [-0.4, -0.2) is 37.5 Å². The molecule has 1 aromatic rings. The number of carboxylic acids is 1. The molecule has 0 bridgehead atoms. The molecule has 1 aromatic heterocycles. The fourth-order valence-corrected chi connectivity index (χ4v) is 1.44. The number of carboxylic acid groups (broad SMARTS) is 1. The highest BCUT2D eigenvalue weighted by Gasteiger charge is 2.34. The normalized spacial score (nSPS) is 15.2. The lowest BCUT2D eigenvalue weighted by Gasteiger charge is -2.22. The first kappa shape index (κ1) is 15.4. The van der Waals surface area contributed by atoms with Gasteiger partial charge >= 0.3 is 12.1 Å². The highest BCUT2D eigenvalue weighted by Crippen LogP contribution is 2.25. The van der Waals surface area contributed by atoms with Gasteiger partial charge in [0.15, 0.2) is 5.82 Å². The van der Waals surface area contributed by atoms with E-state index < -0.39 is 24.0 Å². The minimum atomic E-state index is -4.29. The average molecular weight is 280 g/mol. The Balaban J connectivity index is 2.80. The highest BCUT2D eigenvalue weighted by molar-refractivity contribution is 5.73. The summed E-state index contributed by atoms with van der Waals surface area (Å²) in [5.41, 5.74) is -1.11. The van der Waals surface area contributed by atoms with E-state index in [1.165, 1.54) is 6.92 Å². The maximum atomic E-state index is 12.1. The van der Waals surface area contributed by atoms with Gasteiger partial charge in [0.05, 0.1) is 18.4 Å². The van der Waals surface area contributed by atoms with Gasteiger partial charge < -0.3 is 5.11 Å². The number of nitrogens with zero attached hydrogens (tertiary/aromatic N) is 4. The van der Waals surface area contributed by atoms with Crippen molar-refractivity contribution in [1.29, 1.82) is 0 Å². The predicted molar refractivity (Wildman–Crippen MR) is 58.2 cm³/mol. The van der Waals surface area contributed by atoms with Crippen LogP contribution in [0, 0.1) is 5.41 Å². The lowest BCUT2D eigenvalue weighted by atomic mass is 9.88. The van der Waals surface area contributed by atoms with E-state index in [0.29, 0.717) is 6.42 Å². The molecule has 0 aromatic carbocycles. The van der Waals surface area contributed by atoms with Gasteiger partial charge in [0.1, 0.15) is 0 Å². The molecular formula is C10H15F3N4O2. The second kappa shape index (κ2) is 5.54. The topological polar surface area (TPSA) is 80.9 Å². The third-order valence-electron chi connectivity index (χ3n) is 3.03. The van der Waals surface area contributed by atoms with Gasteiger partial charge in [-0.3, -0.25) is 4.79 Å². The largest absolute Gasteiger partial charge is 0.481 e. The molecule has 19 heavy (non-hydrogen) atoms. The van der Waals surface area contributed by atoms with Crippen molar-refractivity contribution < 1.29 is 23.1 Å². The van der Waals surface area contributed by atoms with Gasteiger partial charge in [0.25, 0.3) is 0 Å². The Morgan fingerprint density at radius 2 is 2.05 bits per heavy atom. The van der Waals surface area contributed by atoms with Crippen LogP contribution in [0.4, 0.5) is 13.2 Å². The zero-order valence-electron chi connectivity index (χ0n) is 10.6. The molecule has 9 heteroatoms. The number of aromatic nitrogens is 4. The summed E-state index contributed by atoms with van der Waals surface area (Å²) in [6.07, 6.45) is -5.38. The number of hydrogen-bond donors (Lipinski definition) is 1. The number of halogens is 3. The maximum absolute atomic E-state index is 12.1. The summed E-state index contributed by atoms with van der Waals surface area (Å²) in [4.78, 5) is 11.1. The molecule has 0 fully saturated rings. The fraction of sp³-hybridized carbons (Fsp3) is 0.800. The highest BCUT2D eigenvalue weighted by atomic mass is 19.4. The first-order valence-corrected chi connectivity index (χ1v) is 5.73. The summed E-state index contributed by atoms with van der Waals surface area (Å²) in [5.74, 6) is -0.995. The van der Waals surface area contributed by atoms with Gasteiger partial charge in [-0.05, 0) is 23.8 Å². The zero-order valence-corrected chi connectivity index (χ0v) is 10.6. The minimum absolute atomic E-state index is 0.0400. The minimum Gasteiger partial charge on any atom is -0.481 e. The number of aryl methyl sites for hydroxylation is 1. The number of hydrogen-bond acceptors (Lipinski definition) is 4. The molecule has 0 aliphatic rings. The molecule has 1 unspecified atom stereocenters. The van der Waals surface area contributed by atoms with Crippen LogP contribution >= 0.6 is 0 Å². The van der Waals surface area contributed by atoms with Gasteiger partial charge in [-0.2, -0.15) is 13.2 Å². The van der Waals surface area contributed by atoms with Crippen LogP contribution in [0.3, 0.4) is 0 Å². The molecule has 1 N–H and O–H groups in total. The van der Waals surface area contributed by atoms with Crippen molar-refractivity contribution in [2.45, 2.75) is 45.8 Å². The molecule has 0 spiro atoms. The summed E-state index contributed by atoms with van der Waals surface area (Å²) in [6.45, 7) is 3.14. The monoisotopic (exact) mass is 280 g/mol. The Morgan fingerprint density at radius 1 is 1.42 bits per heavy atom. The number of aliphatic carboxylic acids is 1. The molecule has 0 radical (unpaired) electrons. The molecule has 0 aliphatic heterocycles. The van der Waals surface area contributed by atoms with Gasteiger partial charge in [-0.15, -0.1) is 5.10 Å². The molecule has 6 nitrogen and oxygen atoms in total. The van der Waals surface area contributed by atoms with Gasteiger partial charge in [0.2, 0.25) is 0 Å². The van der Waals surface area contributed by atoms with E-state index in [2.05, 4.69) is 15.5 Å². The lowest BCUT2D eigenvalue weighted by Crippen LogP contribution is -2.33. The third-order valence-corrected chi connectivity index (χ3v) is 3.03. The number of tetrazole rings is 1. The first-order valence-electron chi connectivity index (χ1n) is 5.73. The SMILES string of the molecule is CCC(C)(Cn1nnnc1CCC(F)(F)F)C(=O)O. The van der Waals surface area contributed by atoms with Gasteiger partial charge in [-0.25, -0.2) is 4.68 Å². The van der Waals surface area contributed by atoms with Crippen molar-refractivity contribution in [3.8, 4) is 0 Å². The molecular weight excluding hydrogens is 265 g/mol. The van der Waals surface area contributed by atoms with Crippen LogP contribution in [0.25, 0.3) is 0 Å². The van der Waals surface area contributed by atoms with Crippen LogP contribution in [-0.2, 0) is 17.8 Å². The van der Waals surface area contributed by atoms with Crippen LogP contribution in [0.15, 0.2) is 0 Å². The Kier molecular flexibility index (Phi) is 4.48. The molecule has 0 amide bonds. The van der Waals surface area contributed by atoms with Crippen molar-refractivity contribution in [1.82, 2.24) is 20.2 Å². The summed E-state index contributed by atoms with van der Waals surface area (Å²) in [5, 5.41) is 19.5. The second-order valence-corrected chi connectivity index (χ2v) is 4.59. The first-order chi connectivity index (χ1) is 8.68. The summed E-state index contributed by atoms with van der Waals surface area (Å²) < 4.78 is 37.5. The van der Waals surface area contributed by atoms with Gasteiger partial charge in [-0.1, -0.05) is 6.92 Å². The molecule has 108 valence electrons. The Labute approximate surface area is 107 Å². The quantitative estimate of drug-likeness (QED) is 0.857. The molecule has 1 heterocycles.